The predicted molar refractivity (Wildman–Crippen MR) is 63.8 cm³/mol. The summed E-state index contributed by atoms with van der Waals surface area (Å²) in [5.41, 5.74) is 0.607. The average Bonchev–Trinajstić information content (AvgIpc) is 2.24. The molecule has 2 nitrogen and oxygen atoms in total. The Morgan fingerprint density at radius 2 is 2.00 bits per heavy atom. The third-order valence-electron chi connectivity index (χ3n) is 2.99. The number of phenols is 1. The lowest BCUT2D eigenvalue weighted by molar-refractivity contribution is 0.386. The van der Waals surface area contributed by atoms with Crippen molar-refractivity contribution in [1.82, 2.24) is 5.32 Å². The highest BCUT2D eigenvalue weighted by atomic mass is 19.1. The van der Waals surface area contributed by atoms with E-state index >= 15 is 0 Å². The van der Waals surface area contributed by atoms with E-state index in [1.807, 2.05) is 0 Å². The molecule has 0 aliphatic carbocycles. The van der Waals surface area contributed by atoms with Crippen molar-refractivity contribution in [3.05, 3.63) is 29.6 Å². The van der Waals surface area contributed by atoms with E-state index in [9.17, 15) is 9.50 Å². The summed E-state index contributed by atoms with van der Waals surface area (Å²) in [5.74, 6) is 0.382. The summed E-state index contributed by atoms with van der Waals surface area (Å²) in [4.78, 5) is 0. The Morgan fingerprint density at radius 1 is 1.31 bits per heavy atom. The third kappa shape index (κ3) is 3.49. The molecule has 1 aromatic carbocycles. The van der Waals surface area contributed by atoms with Gasteiger partial charge in [0.1, 0.15) is 0 Å². The zero-order valence-electron chi connectivity index (χ0n) is 10.1. The highest BCUT2D eigenvalue weighted by Gasteiger charge is 2.08. The first-order valence-corrected chi connectivity index (χ1v) is 5.69. The standard InChI is InChI=1S/C13H20FNO/c1-9(2)10(3)7-15-8-11-5-4-6-12(14)13(11)16/h4-6,9-10,15-16H,7-8H2,1-3H3. The van der Waals surface area contributed by atoms with E-state index in [4.69, 9.17) is 0 Å². The molecule has 1 atom stereocenters. The van der Waals surface area contributed by atoms with Gasteiger partial charge < -0.3 is 10.4 Å². The summed E-state index contributed by atoms with van der Waals surface area (Å²) in [6.07, 6.45) is 0. The van der Waals surface area contributed by atoms with Crippen LogP contribution in [0, 0.1) is 17.7 Å². The van der Waals surface area contributed by atoms with Crippen molar-refractivity contribution in [2.24, 2.45) is 11.8 Å². The normalized spacial score (nSPS) is 13.1. The molecule has 16 heavy (non-hydrogen) atoms. The second-order valence-corrected chi connectivity index (χ2v) is 4.60. The number of hydrogen-bond donors (Lipinski definition) is 2. The molecular formula is C13H20FNO. The van der Waals surface area contributed by atoms with E-state index < -0.39 is 5.82 Å². The Morgan fingerprint density at radius 3 is 2.62 bits per heavy atom. The van der Waals surface area contributed by atoms with Gasteiger partial charge in [0.15, 0.2) is 11.6 Å². The number of rotatable bonds is 5. The van der Waals surface area contributed by atoms with Crippen molar-refractivity contribution in [2.45, 2.75) is 27.3 Å². The monoisotopic (exact) mass is 225 g/mol. The van der Waals surface area contributed by atoms with E-state index in [0.29, 0.717) is 23.9 Å². The summed E-state index contributed by atoms with van der Waals surface area (Å²) in [7, 11) is 0. The minimum atomic E-state index is -0.559. The van der Waals surface area contributed by atoms with Crippen LogP contribution in [-0.4, -0.2) is 11.7 Å². The molecule has 0 amide bonds. The van der Waals surface area contributed by atoms with Crippen LogP contribution in [0.3, 0.4) is 0 Å². The highest BCUT2D eigenvalue weighted by molar-refractivity contribution is 5.33. The lowest BCUT2D eigenvalue weighted by atomic mass is 9.98. The topological polar surface area (TPSA) is 32.3 Å². The van der Waals surface area contributed by atoms with E-state index in [2.05, 4.69) is 26.1 Å². The predicted octanol–water partition coefficient (Wildman–Crippen LogP) is 2.91. The molecule has 0 bridgehead atoms. The van der Waals surface area contributed by atoms with Crippen molar-refractivity contribution >= 4 is 0 Å². The molecule has 0 heterocycles. The number of benzene rings is 1. The van der Waals surface area contributed by atoms with E-state index in [0.717, 1.165) is 6.54 Å². The second kappa shape index (κ2) is 5.85. The molecule has 0 aromatic heterocycles. The van der Waals surface area contributed by atoms with Crippen molar-refractivity contribution < 1.29 is 9.50 Å². The van der Waals surface area contributed by atoms with E-state index in [-0.39, 0.29) is 5.75 Å². The first-order valence-electron chi connectivity index (χ1n) is 5.69. The SMILES string of the molecule is CC(C)C(C)CNCc1cccc(F)c1O. The van der Waals surface area contributed by atoms with E-state index in [1.54, 1.807) is 12.1 Å². The Kier molecular flexibility index (Phi) is 4.74. The molecule has 0 saturated heterocycles. The zero-order chi connectivity index (χ0) is 12.1. The van der Waals surface area contributed by atoms with Gasteiger partial charge in [0.05, 0.1) is 0 Å². The van der Waals surface area contributed by atoms with Crippen LogP contribution in [0.5, 0.6) is 5.75 Å². The Hall–Kier alpha value is -1.09. The molecule has 1 unspecified atom stereocenters. The minimum absolute atomic E-state index is 0.243. The maximum Gasteiger partial charge on any atom is 0.165 e. The smallest absolute Gasteiger partial charge is 0.165 e. The van der Waals surface area contributed by atoms with Gasteiger partial charge in [-0.15, -0.1) is 0 Å². The molecule has 1 rings (SSSR count). The molecule has 1 aromatic rings. The second-order valence-electron chi connectivity index (χ2n) is 4.60. The zero-order valence-corrected chi connectivity index (χ0v) is 10.1. The van der Waals surface area contributed by atoms with Gasteiger partial charge >= 0.3 is 0 Å². The van der Waals surface area contributed by atoms with Gasteiger partial charge in [-0.1, -0.05) is 32.9 Å². The van der Waals surface area contributed by atoms with Crippen LogP contribution >= 0.6 is 0 Å². The molecule has 3 heteroatoms. The fraction of sp³-hybridized carbons (Fsp3) is 0.538. The minimum Gasteiger partial charge on any atom is -0.505 e. The fourth-order valence-corrected chi connectivity index (χ4v) is 1.37. The molecule has 0 radical (unpaired) electrons. The number of para-hydroxylation sites is 1. The summed E-state index contributed by atoms with van der Waals surface area (Å²) < 4.78 is 13.0. The Balaban J connectivity index is 2.46. The van der Waals surface area contributed by atoms with Gasteiger partial charge in [-0.3, -0.25) is 0 Å². The average molecular weight is 225 g/mol. The Bertz CT molecular complexity index is 339. The molecule has 2 N–H and O–H groups in total. The first-order chi connectivity index (χ1) is 7.52. The van der Waals surface area contributed by atoms with Gasteiger partial charge in [0.2, 0.25) is 0 Å². The van der Waals surface area contributed by atoms with Gasteiger partial charge in [0.25, 0.3) is 0 Å². The number of phenolic OH excluding ortho intramolecular Hbond substituents is 1. The summed E-state index contributed by atoms with van der Waals surface area (Å²) >= 11 is 0. The number of hydrogen-bond acceptors (Lipinski definition) is 2. The van der Waals surface area contributed by atoms with Crippen LogP contribution in [0.25, 0.3) is 0 Å². The fourth-order valence-electron chi connectivity index (χ4n) is 1.37. The van der Waals surface area contributed by atoms with Crippen LogP contribution < -0.4 is 5.32 Å². The van der Waals surface area contributed by atoms with Gasteiger partial charge in [-0.25, -0.2) is 4.39 Å². The van der Waals surface area contributed by atoms with Gasteiger partial charge in [-0.2, -0.15) is 0 Å². The van der Waals surface area contributed by atoms with Crippen LogP contribution in [0.4, 0.5) is 4.39 Å². The molecule has 0 spiro atoms. The number of aromatic hydroxyl groups is 1. The molecule has 0 saturated carbocycles. The molecule has 90 valence electrons. The maximum absolute atomic E-state index is 13.0. The lowest BCUT2D eigenvalue weighted by Crippen LogP contribution is -2.23. The largest absolute Gasteiger partial charge is 0.505 e. The van der Waals surface area contributed by atoms with Crippen molar-refractivity contribution in [3.63, 3.8) is 0 Å². The lowest BCUT2D eigenvalue weighted by Gasteiger charge is -2.16. The maximum atomic E-state index is 13.0. The van der Waals surface area contributed by atoms with Crippen LogP contribution in [0.15, 0.2) is 18.2 Å². The highest BCUT2D eigenvalue weighted by Crippen LogP contribution is 2.20. The van der Waals surface area contributed by atoms with Crippen LogP contribution in [-0.2, 0) is 6.54 Å². The summed E-state index contributed by atoms with van der Waals surface area (Å²) in [5, 5.41) is 12.7. The van der Waals surface area contributed by atoms with Crippen molar-refractivity contribution in [1.29, 1.82) is 0 Å². The molecule has 0 aliphatic heterocycles. The van der Waals surface area contributed by atoms with E-state index in [1.165, 1.54) is 6.07 Å². The Labute approximate surface area is 96.5 Å². The van der Waals surface area contributed by atoms with Crippen LogP contribution in [0.1, 0.15) is 26.3 Å². The van der Waals surface area contributed by atoms with Gasteiger partial charge in [-0.05, 0) is 24.4 Å². The van der Waals surface area contributed by atoms with Crippen molar-refractivity contribution in [2.75, 3.05) is 6.54 Å². The summed E-state index contributed by atoms with van der Waals surface area (Å²) in [6, 6.07) is 4.60. The van der Waals surface area contributed by atoms with Crippen molar-refractivity contribution in [3.8, 4) is 5.75 Å². The molecule has 0 aliphatic rings. The first kappa shape index (κ1) is 13.0. The third-order valence-corrected chi connectivity index (χ3v) is 2.99. The molecular weight excluding hydrogens is 205 g/mol. The van der Waals surface area contributed by atoms with Crippen LogP contribution in [0.2, 0.25) is 0 Å². The van der Waals surface area contributed by atoms with Gasteiger partial charge in [0, 0.05) is 12.1 Å². The summed E-state index contributed by atoms with van der Waals surface area (Å²) in [6.45, 7) is 7.88. The number of halogens is 1. The molecule has 0 fully saturated rings. The quantitative estimate of drug-likeness (QED) is 0.807. The number of nitrogens with one attached hydrogen (secondary N) is 1.